The number of hydrogen-bond donors (Lipinski definition) is 1. The first-order valence-electron chi connectivity index (χ1n) is 10.0. The number of hydrogen-bond acceptors (Lipinski definition) is 6. The van der Waals surface area contributed by atoms with Crippen LogP contribution in [0.1, 0.15) is 28.8 Å². The van der Waals surface area contributed by atoms with Crippen LogP contribution in [-0.2, 0) is 6.42 Å². The predicted molar refractivity (Wildman–Crippen MR) is 126 cm³/mol. The summed E-state index contributed by atoms with van der Waals surface area (Å²) >= 11 is 3.47. The van der Waals surface area contributed by atoms with E-state index < -0.39 is 5.91 Å². The van der Waals surface area contributed by atoms with Crippen molar-refractivity contribution in [1.82, 2.24) is 19.8 Å². The molecule has 2 aromatic carbocycles. The van der Waals surface area contributed by atoms with Gasteiger partial charge in [0.1, 0.15) is 11.5 Å². The number of rotatable bonds is 6. The quantitative estimate of drug-likeness (QED) is 0.417. The molecule has 0 fully saturated rings. The first kappa shape index (κ1) is 21.8. The van der Waals surface area contributed by atoms with Crippen molar-refractivity contribution in [3.05, 3.63) is 64.0 Å². The van der Waals surface area contributed by atoms with Crippen LogP contribution in [-0.4, -0.2) is 39.9 Å². The summed E-state index contributed by atoms with van der Waals surface area (Å²) in [5.41, 5.74) is 4.64. The molecule has 164 valence electrons. The Morgan fingerprint density at radius 2 is 1.84 bits per heavy atom. The predicted octanol–water partition coefficient (Wildman–Crippen LogP) is 4.69. The first-order valence-corrected chi connectivity index (χ1v) is 10.8. The van der Waals surface area contributed by atoms with Crippen molar-refractivity contribution in [1.29, 1.82) is 0 Å². The van der Waals surface area contributed by atoms with Gasteiger partial charge in [-0.05, 0) is 43.2 Å². The summed E-state index contributed by atoms with van der Waals surface area (Å²) in [6, 6.07) is 13.1. The standard InChI is InChI=1S/C23H22BrN5O3/c1-5-17-20(14-6-8-15(24)9-7-14)22-27-26-21(13(2)29(22)28-17)23(30)25-18-12-16(31-3)10-11-19(18)32-4/h6-12H,5H2,1-4H3,(H,25,30). The lowest BCUT2D eigenvalue weighted by Gasteiger charge is -2.12. The second kappa shape index (κ2) is 8.96. The number of aromatic nitrogens is 4. The fraction of sp³-hybridized carbons (Fsp3) is 0.217. The molecule has 0 bridgehead atoms. The number of ether oxygens (including phenoxy) is 2. The minimum absolute atomic E-state index is 0.176. The maximum absolute atomic E-state index is 13.1. The van der Waals surface area contributed by atoms with Gasteiger partial charge in [-0.15, -0.1) is 10.2 Å². The molecule has 0 aliphatic carbocycles. The lowest BCUT2D eigenvalue weighted by atomic mass is 10.0. The van der Waals surface area contributed by atoms with Crippen molar-refractivity contribution in [2.24, 2.45) is 0 Å². The van der Waals surface area contributed by atoms with E-state index in [9.17, 15) is 4.79 Å². The summed E-state index contributed by atoms with van der Waals surface area (Å²) in [5.74, 6) is 0.691. The third-order valence-electron chi connectivity index (χ3n) is 5.18. The summed E-state index contributed by atoms with van der Waals surface area (Å²) in [4.78, 5) is 13.1. The molecule has 2 heterocycles. The average molecular weight is 496 g/mol. The van der Waals surface area contributed by atoms with Crippen LogP contribution in [0.3, 0.4) is 0 Å². The molecular weight excluding hydrogens is 474 g/mol. The Hall–Kier alpha value is -3.46. The topological polar surface area (TPSA) is 90.6 Å². The molecule has 0 atom stereocenters. The third-order valence-corrected chi connectivity index (χ3v) is 5.71. The van der Waals surface area contributed by atoms with Crippen molar-refractivity contribution in [3.63, 3.8) is 0 Å². The summed E-state index contributed by atoms with van der Waals surface area (Å²) in [6.45, 7) is 3.84. The SMILES string of the molecule is CCc1nn2c(C)c(C(=O)Nc3cc(OC)ccc3OC)nnc2c1-c1ccc(Br)cc1. The summed E-state index contributed by atoms with van der Waals surface area (Å²) in [7, 11) is 3.09. The molecular formula is C23H22BrN5O3. The molecule has 0 saturated heterocycles. The van der Waals surface area contributed by atoms with Crippen molar-refractivity contribution >= 4 is 33.2 Å². The lowest BCUT2D eigenvalue weighted by molar-refractivity contribution is 0.101. The van der Waals surface area contributed by atoms with E-state index in [0.717, 1.165) is 27.7 Å². The number of fused-ring (bicyclic) bond motifs is 1. The van der Waals surface area contributed by atoms with E-state index in [4.69, 9.17) is 14.6 Å². The van der Waals surface area contributed by atoms with Gasteiger partial charge in [0.25, 0.3) is 5.91 Å². The number of methoxy groups -OCH3 is 2. The Kier molecular flexibility index (Phi) is 6.09. The summed E-state index contributed by atoms with van der Waals surface area (Å²) < 4.78 is 13.3. The fourth-order valence-electron chi connectivity index (χ4n) is 3.51. The second-order valence-electron chi connectivity index (χ2n) is 7.07. The molecule has 0 aliphatic heterocycles. The van der Waals surface area contributed by atoms with Gasteiger partial charge >= 0.3 is 0 Å². The molecule has 0 unspecified atom stereocenters. The molecule has 2 aromatic heterocycles. The number of halogens is 1. The highest BCUT2D eigenvalue weighted by Gasteiger charge is 2.22. The number of amides is 1. The smallest absolute Gasteiger partial charge is 0.278 e. The second-order valence-corrected chi connectivity index (χ2v) is 7.99. The molecule has 9 heteroatoms. The van der Waals surface area contributed by atoms with Crippen molar-refractivity contribution in [3.8, 4) is 22.6 Å². The van der Waals surface area contributed by atoms with Gasteiger partial charge in [0.05, 0.1) is 36.9 Å². The van der Waals surface area contributed by atoms with Crippen LogP contribution in [0.4, 0.5) is 5.69 Å². The lowest BCUT2D eigenvalue weighted by Crippen LogP contribution is -2.19. The van der Waals surface area contributed by atoms with Crippen LogP contribution in [0, 0.1) is 6.92 Å². The zero-order chi connectivity index (χ0) is 22.8. The molecule has 0 saturated carbocycles. The molecule has 1 amide bonds. The van der Waals surface area contributed by atoms with Gasteiger partial charge in [-0.3, -0.25) is 4.79 Å². The Labute approximate surface area is 193 Å². The van der Waals surface area contributed by atoms with Gasteiger partial charge < -0.3 is 14.8 Å². The zero-order valence-electron chi connectivity index (χ0n) is 18.1. The van der Waals surface area contributed by atoms with E-state index >= 15 is 0 Å². The van der Waals surface area contributed by atoms with Crippen LogP contribution in [0.25, 0.3) is 16.8 Å². The van der Waals surface area contributed by atoms with Gasteiger partial charge in [0.15, 0.2) is 11.3 Å². The number of anilines is 1. The van der Waals surface area contributed by atoms with Gasteiger partial charge in [-0.1, -0.05) is 35.0 Å². The minimum atomic E-state index is -0.415. The van der Waals surface area contributed by atoms with Gasteiger partial charge in [-0.25, -0.2) is 4.52 Å². The van der Waals surface area contributed by atoms with Gasteiger partial charge in [0.2, 0.25) is 0 Å². The van der Waals surface area contributed by atoms with Crippen molar-refractivity contribution in [2.75, 3.05) is 19.5 Å². The maximum Gasteiger partial charge on any atom is 0.278 e. The van der Waals surface area contributed by atoms with Crippen molar-refractivity contribution in [2.45, 2.75) is 20.3 Å². The Morgan fingerprint density at radius 3 is 2.50 bits per heavy atom. The van der Waals surface area contributed by atoms with Crippen LogP contribution >= 0.6 is 15.9 Å². The van der Waals surface area contributed by atoms with Crippen molar-refractivity contribution < 1.29 is 14.3 Å². The Balaban J connectivity index is 1.76. The van der Waals surface area contributed by atoms with Crippen LogP contribution in [0.2, 0.25) is 0 Å². The summed E-state index contributed by atoms with van der Waals surface area (Å²) in [6.07, 6.45) is 0.719. The highest BCUT2D eigenvalue weighted by atomic mass is 79.9. The van der Waals surface area contributed by atoms with Crippen LogP contribution in [0.5, 0.6) is 11.5 Å². The largest absolute Gasteiger partial charge is 0.497 e. The average Bonchev–Trinajstić information content (AvgIpc) is 3.19. The van der Waals surface area contributed by atoms with Gasteiger partial charge in [0, 0.05) is 10.5 Å². The highest BCUT2D eigenvalue weighted by molar-refractivity contribution is 9.10. The number of carbonyl (C=O) groups is 1. The van der Waals surface area contributed by atoms with Crippen LogP contribution in [0.15, 0.2) is 46.9 Å². The number of nitrogens with one attached hydrogen (secondary N) is 1. The van der Waals surface area contributed by atoms with E-state index in [2.05, 4.69) is 31.4 Å². The van der Waals surface area contributed by atoms with E-state index in [1.165, 1.54) is 7.11 Å². The molecule has 0 spiro atoms. The zero-order valence-corrected chi connectivity index (χ0v) is 19.7. The molecule has 0 radical (unpaired) electrons. The molecule has 4 aromatic rings. The molecule has 32 heavy (non-hydrogen) atoms. The number of benzene rings is 2. The van der Waals surface area contributed by atoms with E-state index in [0.29, 0.717) is 28.5 Å². The molecule has 8 nitrogen and oxygen atoms in total. The number of aryl methyl sites for hydroxylation is 2. The normalized spacial score (nSPS) is 10.9. The van der Waals surface area contributed by atoms with E-state index in [1.54, 1.807) is 36.7 Å². The molecule has 1 N–H and O–H groups in total. The number of carbonyl (C=O) groups excluding carboxylic acids is 1. The first-order chi connectivity index (χ1) is 15.5. The Bertz CT molecular complexity index is 1300. The monoisotopic (exact) mass is 495 g/mol. The summed E-state index contributed by atoms with van der Waals surface area (Å²) in [5, 5.41) is 16.2. The third kappa shape index (κ3) is 3.91. The van der Waals surface area contributed by atoms with Crippen LogP contribution < -0.4 is 14.8 Å². The maximum atomic E-state index is 13.1. The minimum Gasteiger partial charge on any atom is -0.497 e. The molecule has 0 aliphatic rings. The van der Waals surface area contributed by atoms with E-state index in [1.807, 2.05) is 31.2 Å². The molecule has 4 rings (SSSR count). The van der Waals surface area contributed by atoms with E-state index in [-0.39, 0.29) is 5.69 Å². The Morgan fingerprint density at radius 1 is 1.09 bits per heavy atom. The van der Waals surface area contributed by atoms with Gasteiger partial charge in [-0.2, -0.15) is 5.10 Å². The number of nitrogens with zero attached hydrogens (tertiary/aromatic N) is 4. The highest BCUT2D eigenvalue weighted by Crippen LogP contribution is 2.31. The fourth-order valence-corrected chi connectivity index (χ4v) is 3.78.